The molecule has 3 aromatic carbocycles. The van der Waals surface area contributed by atoms with Crippen LogP contribution in [-0.4, -0.2) is 6.61 Å². The van der Waals surface area contributed by atoms with Gasteiger partial charge in [0.1, 0.15) is 6.10 Å². The fourth-order valence-corrected chi connectivity index (χ4v) is 2.64. The predicted molar refractivity (Wildman–Crippen MR) is 107 cm³/mol. The molecule has 3 aromatic rings. The number of hydrogen-bond donors (Lipinski definition) is 0. The summed E-state index contributed by atoms with van der Waals surface area (Å²) >= 11 is 0. The molecule has 1 heteroatoms. The highest BCUT2D eigenvalue weighted by atomic mass is 16.5. The second kappa shape index (κ2) is 11.4. The first-order chi connectivity index (χ1) is 11.9. The number of hydrogen-bond acceptors (Lipinski definition) is 1. The predicted octanol–water partition coefficient (Wildman–Crippen LogP) is 7.02. The Morgan fingerprint density at radius 3 is 1.96 bits per heavy atom. The summed E-state index contributed by atoms with van der Waals surface area (Å²) in [6.07, 6.45) is -0.00713. The van der Waals surface area contributed by atoms with Crippen LogP contribution >= 0.6 is 0 Å². The highest BCUT2D eigenvalue weighted by molar-refractivity contribution is 5.86. The molecule has 0 bridgehead atoms. The molecule has 0 radical (unpaired) electrons. The van der Waals surface area contributed by atoms with Gasteiger partial charge in [0.2, 0.25) is 0 Å². The largest absolute Gasteiger partial charge is 0.369 e. The number of rotatable bonds is 4. The van der Waals surface area contributed by atoms with Crippen LogP contribution in [-0.2, 0) is 4.74 Å². The molecule has 0 amide bonds. The van der Waals surface area contributed by atoms with E-state index in [-0.39, 0.29) is 6.10 Å². The molecule has 24 heavy (non-hydrogen) atoms. The summed E-state index contributed by atoms with van der Waals surface area (Å²) in [6, 6.07) is 25.3. The highest BCUT2D eigenvalue weighted by Gasteiger charge is 2.16. The molecule has 3 rings (SSSR count). The SMILES string of the molecule is CC.CC.CCOC(c1ccccc1)c1cccc2ccccc12. The van der Waals surface area contributed by atoms with Crippen LogP contribution in [0.4, 0.5) is 0 Å². The molecule has 1 nitrogen and oxygen atoms in total. The van der Waals surface area contributed by atoms with Crippen LogP contribution in [0.3, 0.4) is 0 Å². The average molecular weight is 322 g/mol. The first-order valence-corrected chi connectivity index (χ1v) is 9.04. The lowest BCUT2D eigenvalue weighted by Crippen LogP contribution is -2.06. The van der Waals surface area contributed by atoms with Crippen molar-refractivity contribution >= 4 is 10.8 Å². The smallest absolute Gasteiger partial charge is 0.108 e. The molecule has 128 valence electrons. The Bertz CT molecular complexity index is 683. The topological polar surface area (TPSA) is 9.23 Å². The minimum atomic E-state index is -0.00713. The number of fused-ring (bicyclic) bond motifs is 1. The highest BCUT2D eigenvalue weighted by Crippen LogP contribution is 2.31. The van der Waals surface area contributed by atoms with Crippen molar-refractivity contribution in [3.8, 4) is 0 Å². The maximum atomic E-state index is 6.02. The fourth-order valence-electron chi connectivity index (χ4n) is 2.64. The summed E-state index contributed by atoms with van der Waals surface area (Å²) < 4.78 is 6.02. The van der Waals surface area contributed by atoms with Crippen molar-refractivity contribution < 1.29 is 4.74 Å². The third-order valence-electron chi connectivity index (χ3n) is 3.54. The van der Waals surface area contributed by atoms with Gasteiger partial charge in [0.25, 0.3) is 0 Å². The molecule has 0 aliphatic heterocycles. The van der Waals surface area contributed by atoms with E-state index in [0.717, 1.165) is 0 Å². The zero-order chi connectivity index (χ0) is 17.8. The molecule has 0 saturated carbocycles. The van der Waals surface area contributed by atoms with Crippen molar-refractivity contribution in [3.05, 3.63) is 83.9 Å². The van der Waals surface area contributed by atoms with E-state index in [2.05, 4.69) is 66.7 Å². The minimum absolute atomic E-state index is 0.00713. The summed E-state index contributed by atoms with van der Waals surface area (Å²) in [5.74, 6) is 0. The molecule has 0 aliphatic rings. The van der Waals surface area contributed by atoms with Gasteiger partial charge in [-0.2, -0.15) is 0 Å². The van der Waals surface area contributed by atoms with Crippen molar-refractivity contribution in [1.82, 2.24) is 0 Å². The molecule has 0 heterocycles. The van der Waals surface area contributed by atoms with Crippen LogP contribution in [0, 0.1) is 0 Å². The molecule has 0 aliphatic carbocycles. The van der Waals surface area contributed by atoms with E-state index in [4.69, 9.17) is 4.74 Å². The first kappa shape index (κ1) is 19.9. The van der Waals surface area contributed by atoms with Crippen LogP contribution in [0.5, 0.6) is 0 Å². The lowest BCUT2D eigenvalue weighted by Gasteiger charge is -2.20. The second-order valence-electron chi connectivity index (χ2n) is 4.81. The summed E-state index contributed by atoms with van der Waals surface area (Å²) in [6.45, 7) is 10.7. The van der Waals surface area contributed by atoms with Crippen molar-refractivity contribution in [2.75, 3.05) is 6.61 Å². The average Bonchev–Trinajstić information content (AvgIpc) is 2.69. The maximum absolute atomic E-state index is 6.02. The molecule has 0 spiro atoms. The Labute approximate surface area is 147 Å². The molecule has 0 saturated heterocycles. The number of ether oxygens (including phenoxy) is 1. The van der Waals surface area contributed by atoms with Crippen molar-refractivity contribution in [2.45, 2.75) is 40.7 Å². The lowest BCUT2D eigenvalue weighted by molar-refractivity contribution is 0.0923. The van der Waals surface area contributed by atoms with Crippen LogP contribution in [0.15, 0.2) is 72.8 Å². The van der Waals surface area contributed by atoms with Crippen LogP contribution in [0.1, 0.15) is 51.8 Å². The van der Waals surface area contributed by atoms with Gasteiger partial charge in [-0.25, -0.2) is 0 Å². The monoisotopic (exact) mass is 322 g/mol. The molecule has 0 fully saturated rings. The first-order valence-electron chi connectivity index (χ1n) is 9.04. The van der Waals surface area contributed by atoms with E-state index in [1.165, 1.54) is 21.9 Å². The summed E-state index contributed by atoms with van der Waals surface area (Å²) in [5, 5.41) is 2.52. The molecule has 1 unspecified atom stereocenters. The van der Waals surface area contributed by atoms with Gasteiger partial charge in [0.15, 0.2) is 0 Å². The van der Waals surface area contributed by atoms with Crippen LogP contribution < -0.4 is 0 Å². The summed E-state index contributed by atoms with van der Waals surface area (Å²) in [5.41, 5.74) is 2.43. The summed E-state index contributed by atoms with van der Waals surface area (Å²) in [4.78, 5) is 0. The standard InChI is InChI=1S/C19H18O.2C2H6/c1-2-20-19(16-10-4-3-5-11-16)18-14-8-12-15-9-6-7-13-17(15)18;2*1-2/h3-14,19H,2H2,1H3;2*1-2H3. The van der Waals surface area contributed by atoms with E-state index in [1.54, 1.807) is 0 Å². The number of benzene rings is 3. The van der Waals surface area contributed by atoms with Gasteiger partial charge < -0.3 is 4.74 Å². The van der Waals surface area contributed by atoms with Crippen molar-refractivity contribution in [2.24, 2.45) is 0 Å². The van der Waals surface area contributed by atoms with E-state index in [9.17, 15) is 0 Å². The lowest BCUT2D eigenvalue weighted by atomic mass is 9.96. The van der Waals surface area contributed by atoms with E-state index >= 15 is 0 Å². The summed E-state index contributed by atoms with van der Waals surface area (Å²) in [7, 11) is 0. The van der Waals surface area contributed by atoms with E-state index in [1.807, 2.05) is 40.7 Å². The minimum Gasteiger partial charge on any atom is -0.369 e. The van der Waals surface area contributed by atoms with E-state index < -0.39 is 0 Å². The third kappa shape index (κ3) is 4.94. The molecule has 1 atom stereocenters. The second-order valence-corrected chi connectivity index (χ2v) is 4.81. The Morgan fingerprint density at radius 2 is 1.29 bits per heavy atom. The Hall–Kier alpha value is -2.12. The van der Waals surface area contributed by atoms with Crippen molar-refractivity contribution in [3.63, 3.8) is 0 Å². The Morgan fingerprint density at radius 1 is 0.708 bits per heavy atom. The molecular formula is C23H30O. The molecular weight excluding hydrogens is 292 g/mol. The van der Waals surface area contributed by atoms with E-state index in [0.29, 0.717) is 6.61 Å². The maximum Gasteiger partial charge on any atom is 0.108 e. The van der Waals surface area contributed by atoms with Gasteiger partial charge in [0.05, 0.1) is 0 Å². The van der Waals surface area contributed by atoms with Gasteiger partial charge in [-0.1, -0.05) is 100 Å². The third-order valence-corrected chi connectivity index (χ3v) is 3.54. The molecule has 0 aromatic heterocycles. The Kier molecular flexibility index (Phi) is 9.48. The Balaban J connectivity index is 0.000000671. The van der Waals surface area contributed by atoms with Gasteiger partial charge in [-0.05, 0) is 28.8 Å². The zero-order valence-electron chi connectivity index (χ0n) is 15.6. The van der Waals surface area contributed by atoms with Crippen molar-refractivity contribution in [1.29, 1.82) is 0 Å². The van der Waals surface area contributed by atoms with Crippen LogP contribution in [0.25, 0.3) is 10.8 Å². The molecule has 0 N–H and O–H groups in total. The van der Waals surface area contributed by atoms with Gasteiger partial charge in [-0.15, -0.1) is 0 Å². The fraction of sp³-hybridized carbons (Fsp3) is 0.304. The van der Waals surface area contributed by atoms with Gasteiger partial charge in [0, 0.05) is 6.61 Å². The van der Waals surface area contributed by atoms with Gasteiger partial charge >= 0.3 is 0 Å². The normalized spacial score (nSPS) is 10.9. The zero-order valence-corrected chi connectivity index (χ0v) is 15.6. The van der Waals surface area contributed by atoms with Gasteiger partial charge in [-0.3, -0.25) is 0 Å². The van der Waals surface area contributed by atoms with Crippen LogP contribution in [0.2, 0.25) is 0 Å². The quantitative estimate of drug-likeness (QED) is 0.501.